The first-order valence-electron chi connectivity index (χ1n) is 6.80. The predicted molar refractivity (Wildman–Crippen MR) is 78.4 cm³/mol. The van der Waals surface area contributed by atoms with Gasteiger partial charge >= 0.3 is 0 Å². The molecule has 6 heteroatoms. The molecule has 2 unspecified atom stereocenters. The zero-order valence-corrected chi connectivity index (χ0v) is 12.4. The lowest BCUT2D eigenvalue weighted by molar-refractivity contribution is 0.339. The van der Waals surface area contributed by atoms with Gasteiger partial charge in [0, 0.05) is 11.8 Å². The molecule has 1 aromatic heterocycles. The van der Waals surface area contributed by atoms with E-state index in [1.807, 2.05) is 16.8 Å². The first-order valence-corrected chi connectivity index (χ1v) is 6.80. The molecule has 20 heavy (non-hydrogen) atoms. The summed E-state index contributed by atoms with van der Waals surface area (Å²) in [4.78, 5) is 0. The molecule has 6 nitrogen and oxygen atoms in total. The molecule has 0 fully saturated rings. The van der Waals surface area contributed by atoms with E-state index in [0.29, 0.717) is 23.2 Å². The molecule has 0 saturated carbocycles. The monoisotopic (exact) mass is 275 g/mol. The smallest absolute Gasteiger partial charge is 0.186 e. The van der Waals surface area contributed by atoms with Crippen LogP contribution in [0.15, 0.2) is 18.2 Å². The van der Waals surface area contributed by atoms with Gasteiger partial charge in [-0.3, -0.25) is 0 Å². The van der Waals surface area contributed by atoms with Gasteiger partial charge in [0.05, 0.1) is 18.7 Å². The molecule has 0 bridgehead atoms. The van der Waals surface area contributed by atoms with Gasteiger partial charge in [-0.15, -0.1) is 5.10 Å². The molecule has 2 rings (SSSR count). The third-order valence-electron chi connectivity index (χ3n) is 3.81. The number of methoxy groups -OCH3 is 1. The number of hydrogen-bond acceptors (Lipinski definition) is 5. The number of nitrogen functional groups attached to an aromatic ring is 1. The lowest BCUT2D eigenvalue weighted by Crippen LogP contribution is -2.16. The molecule has 0 aliphatic rings. The molecule has 1 aromatic carbocycles. The zero-order chi connectivity index (χ0) is 14.7. The van der Waals surface area contributed by atoms with Crippen LogP contribution in [0, 0.1) is 5.92 Å². The summed E-state index contributed by atoms with van der Waals surface area (Å²) in [5.41, 5.74) is 7.29. The Morgan fingerprint density at radius 2 is 2.10 bits per heavy atom. The third kappa shape index (κ3) is 2.59. The van der Waals surface area contributed by atoms with Crippen molar-refractivity contribution in [3.8, 4) is 17.1 Å². The van der Waals surface area contributed by atoms with Gasteiger partial charge in [-0.1, -0.05) is 20.3 Å². The second kappa shape index (κ2) is 5.90. The van der Waals surface area contributed by atoms with Crippen molar-refractivity contribution in [2.75, 3.05) is 12.8 Å². The van der Waals surface area contributed by atoms with Crippen LogP contribution in [0.3, 0.4) is 0 Å². The second-order valence-electron chi connectivity index (χ2n) is 5.03. The number of benzene rings is 1. The summed E-state index contributed by atoms with van der Waals surface area (Å²) >= 11 is 0. The maximum atomic E-state index is 5.79. The highest BCUT2D eigenvalue weighted by Crippen LogP contribution is 2.32. The Labute approximate surface area is 118 Å². The number of hydrogen-bond donors (Lipinski definition) is 1. The highest BCUT2D eigenvalue weighted by molar-refractivity contribution is 5.67. The molecule has 2 N–H and O–H groups in total. The van der Waals surface area contributed by atoms with E-state index in [4.69, 9.17) is 10.5 Å². The molecule has 1 heterocycles. The summed E-state index contributed by atoms with van der Waals surface area (Å²) in [6.45, 7) is 6.48. The minimum Gasteiger partial charge on any atom is -0.496 e. The van der Waals surface area contributed by atoms with Crippen LogP contribution in [0.1, 0.15) is 33.2 Å². The lowest BCUT2D eigenvalue weighted by Gasteiger charge is -2.20. The first kappa shape index (κ1) is 14.3. The van der Waals surface area contributed by atoms with E-state index in [2.05, 4.69) is 36.3 Å². The van der Waals surface area contributed by atoms with E-state index < -0.39 is 0 Å². The highest BCUT2D eigenvalue weighted by Gasteiger charge is 2.21. The quantitative estimate of drug-likeness (QED) is 0.848. The van der Waals surface area contributed by atoms with Crippen LogP contribution in [0.25, 0.3) is 11.4 Å². The molecule has 0 aliphatic carbocycles. The van der Waals surface area contributed by atoms with Crippen LogP contribution in [-0.4, -0.2) is 27.3 Å². The molecule has 0 spiro atoms. The Morgan fingerprint density at radius 3 is 2.75 bits per heavy atom. The van der Waals surface area contributed by atoms with Crippen LogP contribution in [0.2, 0.25) is 0 Å². The number of anilines is 1. The van der Waals surface area contributed by atoms with Crippen molar-refractivity contribution in [2.24, 2.45) is 5.92 Å². The standard InChI is InChI=1S/C14H21N5O/c1-5-9(2)10(3)19-14(16-17-18-19)12-7-6-11(15)8-13(12)20-4/h6-10H,5,15H2,1-4H3. The summed E-state index contributed by atoms with van der Waals surface area (Å²) in [5, 5.41) is 12.1. The second-order valence-corrected chi connectivity index (χ2v) is 5.03. The summed E-state index contributed by atoms with van der Waals surface area (Å²) in [6, 6.07) is 5.71. The van der Waals surface area contributed by atoms with Gasteiger partial charge in [-0.2, -0.15) is 0 Å². The SMILES string of the molecule is CCC(C)C(C)n1nnnc1-c1ccc(N)cc1OC. The van der Waals surface area contributed by atoms with Crippen LogP contribution in [0.4, 0.5) is 5.69 Å². The van der Waals surface area contributed by atoms with Gasteiger partial charge in [0.15, 0.2) is 5.82 Å². The van der Waals surface area contributed by atoms with Crippen molar-refractivity contribution < 1.29 is 4.74 Å². The van der Waals surface area contributed by atoms with Crippen molar-refractivity contribution in [2.45, 2.75) is 33.2 Å². The average molecular weight is 275 g/mol. The fourth-order valence-corrected chi connectivity index (χ4v) is 2.12. The number of aromatic nitrogens is 4. The maximum Gasteiger partial charge on any atom is 0.186 e. The van der Waals surface area contributed by atoms with E-state index in [0.717, 1.165) is 12.0 Å². The molecule has 0 radical (unpaired) electrons. The summed E-state index contributed by atoms with van der Waals surface area (Å²) in [7, 11) is 1.62. The number of ether oxygens (including phenoxy) is 1. The van der Waals surface area contributed by atoms with Gasteiger partial charge < -0.3 is 10.5 Å². The number of nitrogens with zero attached hydrogens (tertiary/aromatic N) is 4. The molecule has 0 saturated heterocycles. The minimum atomic E-state index is 0.215. The molecule has 0 amide bonds. The summed E-state index contributed by atoms with van der Waals surface area (Å²) in [5.74, 6) is 1.86. The molecular formula is C14H21N5O. The average Bonchev–Trinajstić information content (AvgIpc) is 2.94. The summed E-state index contributed by atoms with van der Waals surface area (Å²) < 4.78 is 7.23. The van der Waals surface area contributed by atoms with Gasteiger partial charge in [0.2, 0.25) is 0 Å². The van der Waals surface area contributed by atoms with Crippen LogP contribution < -0.4 is 10.5 Å². The van der Waals surface area contributed by atoms with E-state index in [-0.39, 0.29) is 6.04 Å². The molecule has 2 aromatic rings. The fraction of sp³-hybridized carbons (Fsp3) is 0.500. The fourth-order valence-electron chi connectivity index (χ4n) is 2.12. The summed E-state index contributed by atoms with van der Waals surface area (Å²) in [6.07, 6.45) is 1.07. The number of nitrogens with two attached hydrogens (primary N) is 1. The van der Waals surface area contributed by atoms with Crippen molar-refractivity contribution in [3.63, 3.8) is 0 Å². The zero-order valence-electron chi connectivity index (χ0n) is 12.4. The Hall–Kier alpha value is -2.11. The first-order chi connectivity index (χ1) is 9.58. The Kier molecular flexibility index (Phi) is 4.22. The lowest BCUT2D eigenvalue weighted by atomic mass is 10.0. The molecule has 108 valence electrons. The molecule has 2 atom stereocenters. The minimum absolute atomic E-state index is 0.215. The normalized spacial score (nSPS) is 14.0. The van der Waals surface area contributed by atoms with E-state index in [1.165, 1.54) is 0 Å². The van der Waals surface area contributed by atoms with Gasteiger partial charge in [-0.25, -0.2) is 4.68 Å². The van der Waals surface area contributed by atoms with Gasteiger partial charge in [0.25, 0.3) is 0 Å². The van der Waals surface area contributed by atoms with Gasteiger partial charge in [0.1, 0.15) is 5.75 Å². The van der Waals surface area contributed by atoms with E-state index in [9.17, 15) is 0 Å². The van der Waals surface area contributed by atoms with Crippen LogP contribution in [0.5, 0.6) is 5.75 Å². The Balaban J connectivity index is 2.47. The Bertz CT molecular complexity index is 581. The van der Waals surface area contributed by atoms with E-state index in [1.54, 1.807) is 13.2 Å². The number of rotatable bonds is 5. The number of tetrazole rings is 1. The largest absolute Gasteiger partial charge is 0.496 e. The van der Waals surface area contributed by atoms with Crippen LogP contribution >= 0.6 is 0 Å². The third-order valence-corrected chi connectivity index (χ3v) is 3.81. The van der Waals surface area contributed by atoms with Crippen molar-refractivity contribution in [3.05, 3.63) is 18.2 Å². The topological polar surface area (TPSA) is 78.9 Å². The van der Waals surface area contributed by atoms with Crippen LogP contribution in [-0.2, 0) is 0 Å². The van der Waals surface area contributed by atoms with Crippen molar-refractivity contribution >= 4 is 5.69 Å². The highest BCUT2D eigenvalue weighted by atomic mass is 16.5. The predicted octanol–water partition coefficient (Wildman–Crippen LogP) is 2.54. The maximum absolute atomic E-state index is 5.79. The van der Waals surface area contributed by atoms with Crippen molar-refractivity contribution in [1.29, 1.82) is 0 Å². The van der Waals surface area contributed by atoms with Gasteiger partial charge in [-0.05, 0) is 35.4 Å². The molecule has 0 aliphatic heterocycles. The van der Waals surface area contributed by atoms with E-state index >= 15 is 0 Å². The molecular weight excluding hydrogens is 254 g/mol. The van der Waals surface area contributed by atoms with Crippen molar-refractivity contribution in [1.82, 2.24) is 20.2 Å². The Morgan fingerprint density at radius 1 is 1.35 bits per heavy atom.